The van der Waals surface area contributed by atoms with E-state index in [2.05, 4.69) is 20.6 Å². The predicted molar refractivity (Wildman–Crippen MR) is 80.3 cm³/mol. The molecule has 0 radical (unpaired) electrons. The van der Waals surface area contributed by atoms with Crippen LogP contribution < -0.4 is 5.32 Å². The van der Waals surface area contributed by atoms with Gasteiger partial charge in [-0.3, -0.25) is 14.3 Å². The molecule has 0 aliphatic carbocycles. The van der Waals surface area contributed by atoms with Crippen molar-refractivity contribution in [1.29, 1.82) is 0 Å². The third-order valence-corrected chi connectivity index (χ3v) is 3.13. The number of pyridine rings is 1. The average Bonchev–Trinajstić information content (AvgIpc) is 2.99. The molecule has 2 heterocycles. The number of carbonyl (C=O) groups excluding carboxylic acids is 2. The van der Waals surface area contributed by atoms with Crippen molar-refractivity contribution in [1.82, 2.24) is 24.9 Å². The highest BCUT2D eigenvalue weighted by Crippen LogP contribution is 2.18. The Morgan fingerprint density at radius 2 is 2.32 bits per heavy atom. The SMILES string of the molecule is Cc1ccc(NC(=O)CN(C=O)CCn2ccnn2)c(Cl)n1. The number of anilines is 1. The van der Waals surface area contributed by atoms with Crippen LogP contribution in [0.15, 0.2) is 24.5 Å². The number of rotatable bonds is 7. The summed E-state index contributed by atoms with van der Waals surface area (Å²) in [6.45, 7) is 2.52. The standard InChI is InChI=1S/C13H15ClN6O2/c1-10-2-3-11(13(14)16-10)17-12(22)8-19(9-21)6-7-20-5-4-15-18-20/h2-5,9H,6-8H2,1H3,(H,17,22). The van der Waals surface area contributed by atoms with Gasteiger partial charge in [-0.05, 0) is 19.1 Å². The largest absolute Gasteiger partial charge is 0.334 e. The Balaban J connectivity index is 1.87. The fourth-order valence-electron chi connectivity index (χ4n) is 1.74. The number of hydrogen-bond donors (Lipinski definition) is 1. The highest BCUT2D eigenvalue weighted by atomic mass is 35.5. The quantitative estimate of drug-likeness (QED) is 0.599. The molecule has 2 aromatic heterocycles. The van der Waals surface area contributed by atoms with E-state index >= 15 is 0 Å². The van der Waals surface area contributed by atoms with Crippen LogP contribution in [0.2, 0.25) is 5.15 Å². The minimum Gasteiger partial charge on any atom is -0.334 e. The lowest BCUT2D eigenvalue weighted by Gasteiger charge is -2.16. The van der Waals surface area contributed by atoms with Crippen molar-refractivity contribution >= 4 is 29.6 Å². The predicted octanol–water partition coefficient (Wildman–Crippen LogP) is 0.732. The summed E-state index contributed by atoms with van der Waals surface area (Å²) in [5, 5.41) is 10.3. The molecule has 0 aromatic carbocycles. The topological polar surface area (TPSA) is 93.0 Å². The van der Waals surface area contributed by atoms with Crippen molar-refractivity contribution in [2.24, 2.45) is 0 Å². The molecular weight excluding hydrogens is 308 g/mol. The molecule has 0 aliphatic heterocycles. The van der Waals surface area contributed by atoms with Crippen molar-refractivity contribution in [3.63, 3.8) is 0 Å². The lowest BCUT2D eigenvalue weighted by atomic mass is 10.3. The maximum absolute atomic E-state index is 11.9. The van der Waals surface area contributed by atoms with Crippen LogP contribution in [-0.2, 0) is 16.1 Å². The number of amides is 2. The molecule has 0 aliphatic rings. The summed E-state index contributed by atoms with van der Waals surface area (Å²) in [7, 11) is 0. The van der Waals surface area contributed by atoms with Crippen LogP contribution in [0.5, 0.6) is 0 Å². The third kappa shape index (κ3) is 4.52. The van der Waals surface area contributed by atoms with Gasteiger partial charge in [0.2, 0.25) is 12.3 Å². The van der Waals surface area contributed by atoms with E-state index in [9.17, 15) is 9.59 Å². The van der Waals surface area contributed by atoms with Crippen LogP contribution in [0.1, 0.15) is 5.69 Å². The first kappa shape index (κ1) is 15.9. The highest BCUT2D eigenvalue weighted by molar-refractivity contribution is 6.32. The summed E-state index contributed by atoms with van der Waals surface area (Å²) in [5.74, 6) is -0.349. The number of halogens is 1. The van der Waals surface area contributed by atoms with Gasteiger partial charge in [0.05, 0.1) is 25.0 Å². The Hall–Kier alpha value is -2.48. The number of aryl methyl sites for hydroxylation is 1. The van der Waals surface area contributed by atoms with Crippen LogP contribution >= 0.6 is 11.6 Å². The van der Waals surface area contributed by atoms with Crippen molar-refractivity contribution in [3.8, 4) is 0 Å². The molecule has 0 atom stereocenters. The van der Waals surface area contributed by atoms with Gasteiger partial charge < -0.3 is 10.2 Å². The van der Waals surface area contributed by atoms with Crippen molar-refractivity contribution in [3.05, 3.63) is 35.4 Å². The Labute approximate surface area is 132 Å². The molecule has 2 rings (SSSR count). The van der Waals surface area contributed by atoms with Gasteiger partial charge in [-0.25, -0.2) is 4.98 Å². The molecule has 0 unspecified atom stereocenters. The number of nitrogens with one attached hydrogen (secondary N) is 1. The van der Waals surface area contributed by atoms with Gasteiger partial charge in [0.25, 0.3) is 0 Å². The zero-order valence-electron chi connectivity index (χ0n) is 11.9. The first-order chi connectivity index (χ1) is 10.6. The van der Waals surface area contributed by atoms with Gasteiger partial charge in [-0.1, -0.05) is 16.8 Å². The average molecular weight is 323 g/mol. The summed E-state index contributed by atoms with van der Waals surface area (Å²) in [5.41, 5.74) is 1.17. The molecule has 0 saturated heterocycles. The van der Waals surface area contributed by atoms with Gasteiger partial charge in [0.15, 0.2) is 5.15 Å². The van der Waals surface area contributed by atoms with E-state index < -0.39 is 0 Å². The Bertz CT molecular complexity index is 646. The molecule has 9 heteroatoms. The van der Waals surface area contributed by atoms with Crippen molar-refractivity contribution in [2.45, 2.75) is 13.5 Å². The van der Waals surface area contributed by atoms with Gasteiger partial charge in [-0.15, -0.1) is 5.10 Å². The van der Waals surface area contributed by atoms with E-state index in [1.165, 1.54) is 4.90 Å². The van der Waals surface area contributed by atoms with Gasteiger partial charge in [0, 0.05) is 18.4 Å². The van der Waals surface area contributed by atoms with Crippen LogP contribution in [0, 0.1) is 6.92 Å². The van der Waals surface area contributed by atoms with Gasteiger partial charge in [0.1, 0.15) is 0 Å². The van der Waals surface area contributed by atoms with Gasteiger partial charge >= 0.3 is 0 Å². The fourth-order valence-corrected chi connectivity index (χ4v) is 1.99. The molecule has 2 amide bonds. The Morgan fingerprint density at radius 3 is 2.95 bits per heavy atom. The first-order valence-electron chi connectivity index (χ1n) is 6.55. The highest BCUT2D eigenvalue weighted by Gasteiger charge is 2.11. The van der Waals surface area contributed by atoms with Gasteiger partial charge in [-0.2, -0.15) is 0 Å². The van der Waals surface area contributed by atoms with E-state index in [0.29, 0.717) is 25.2 Å². The lowest BCUT2D eigenvalue weighted by Crippen LogP contribution is -2.34. The van der Waals surface area contributed by atoms with Crippen LogP contribution in [0.4, 0.5) is 5.69 Å². The number of hydrogen-bond acceptors (Lipinski definition) is 5. The van der Waals surface area contributed by atoms with Crippen LogP contribution in [0.3, 0.4) is 0 Å². The summed E-state index contributed by atoms with van der Waals surface area (Å²) >= 11 is 5.95. The Kier molecular flexibility index (Phi) is 5.42. The summed E-state index contributed by atoms with van der Waals surface area (Å²) in [6, 6.07) is 3.41. The number of aromatic nitrogens is 4. The van der Waals surface area contributed by atoms with E-state index in [4.69, 9.17) is 11.6 Å². The van der Waals surface area contributed by atoms with E-state index in [1.54, 1.807) is 36.1 Å². The summed E-state index contributed by atoms with van der Waals surface area (Å²) < 4.78 is 1.58. The number of nitrogens with zero attached hydrogens (tertiary/aromatic N) is 5. The van der Waals surface area contributed by atoms with Crippen LogP contribution in [-0.4, -0.2) is 50.3 Å². The zero-order valence-corrected chi connectivity index (χ0v) is 12.7. The van der Waals surface area contributed by atoms with E-state index in [0.717, 1.165) is 5.69 Å². The minimum atomic E-state index is -0.349. The second kappa shape index (κ2) is 7.51. The number of carbonyl (C=O) groups is 2. The fraction of sp³-hybridized carbons (Fsp3) is 0.308. The molecule has 116 valence electrons. The molecule has 2 aromatic rings. The van der Waals surface area contributed by atoms with E-state index in [1.807, 2.05) is 0 Å². The first-order valence-corrected chi connectivity index (χ1v) is 6.92. The monoisotopic (exact) mass is 322 g/mol. The lowest BCUT2D eigenvalue weighted by molar-refractivity contribution is -0.125. The molecule has 22 heavy (non-hydrogen) atoms. The molecule has 0 saturated carbocycles. The van der Waals surface area contributed by atoms with Crippen molar-refractivity contribution < 1.29 is 9.59 Å². The van der Waals surface area contributed by atoms with E-state index in [-0.39, 0.29) is 17.6 Å². The normalized spacial score (nSPS) is 10.3. The molecular formula is C13H15ClN6O2. The molecule has 8 nitrogen and oxygen atoms in total. The second-order valence-corrected chi connectivity index (χ2v) is 4.94. The Morgan fingerprint density at radius 1 is 1.50 bits per heavy atom. The molecule has 0 fully saturated rings. The maximum atomic E-state index is 11.9. The molecule has 0 spiro atoms. The molecule has 0 bridgehead atoms. The maximum Gasteiger partial charge on any atom is 0.244 e. The van der Waals surface area contributed by atoms with Crippen LogP contribution in [0.25, 0.3) is 0 Å². The van der Waals surface area contributed by atoms with Crippen molar-refractivity contribution in [2.75, 3.05) is 18.4 Å². The smallest absolute Gasteiger partial charge is 0.244 e. The summed E-state index contributed by atoms with van der Waals surface area (Å²) in [6.07, 6.45) is 3.84. The minimum absolute atomic E-state index is 0.0809. The summed E-state index contributed by atoms with van der Waals surface area (Å²) in [4.78, 5) is 28.4. The zero-order chi connectivity index (χ0) is 15.9. The second-order valence-electron chi connectivity index (χ2n) is 4.58. The molecule has 1 N–H and O–H groups in total. The third-order valence-electron chi connectivity index (χ3n) is 2.85.